The number of carbonyl (C=O) groups is 1. The van der Waals surface area contributed by atoms with Crippen LogP contribution in [-0.2, 0) is 17.8 Å². The second kappa shape index (κ2) is 9.57. The molecule has 1 N–H and O–H groups in total. The van der Waals surface area contributed by atoms with E-state index in [1.807, 2.05) is 67.8 Å². The van der Waals surface area contributed by atoms with Gasteiger partial charge in [-0.1, -0.05) is 24.3 Å². The highest BCUT2D eigenvalue weighted by atomic mass is 32.1. The maximum absolute atomic E-state index is 12.5. The molecule has 1 unspecified atom stereocenters. The number of rotatable bonds is 8. The van der Waals surface area contributed by atoms with Crippen molar-refractivity contribution in [3.63, 3.8) is 0 Å². The second-order valence-corrected chi connectivity index (χ2v) is 8.13. The van der Waals surface area contributed by atoms with Gasteiger partial charge in [-0.05, 0) is 49.1 Å². The van der Waals surface area contributed by atoms with Gasteiger partial charge in [0, 0.05) is 18.0 Å². The lowest BCUT2D eigenvalue weighted by Crippen LogP contribution is -2.28. The van der Waals surface area contributed by atoms with E-state index in [-0.39, 0.29) is 18.4 Å². The molecular formula is C24H23N3O3S. The number of carbonyl (C=O) groups excluding carboxylic acids is 1. The van der Waals surface area contributed by atoms with E-state index in [0.29, 0.717) is 24.0 Å². The monoisotopic (exact) mass is 433 g/mol. The number of hydrogen-bond acceptors (Lipinski definition) is 6. The molecule has 1 atom stereocenters. The van der Waals surface area contributed by atoms with Crippen LogP contribution in [0.25, 0.3) is 10.8 Å². The second-order valence-electron chi connectivity index (χ2n) is 7.18. The molecule has 0 saturated carbocycles. The molecule has 0 saturated heterocycles. The summed E-state index contributed by atoms with van der Waals surface area (Å²) in [6.07, 6.45) is 3.70. The summed E-state index contributed by atoms with van der Waals surface area (Å²) in [4.78, 5) is 22.1. The third-order valence-corrected chi connectivity index (χ3v) is 5.70. The summed E-state index contributed by atoms with van der Waals surface area (Å²) in [6.45, 7) is 4.25. The Kier molecular flexibility index (Phi) is 6.43. The molecule has 3 aromatic heterocycles. The normalized spacial score (nSPS) is 11.8. The van der Waals surface area contributed by atoms with Gasteiger partial charge < -0.3 is 14.5 Å². The molecule has 1 aromatic carbocycles. The maximum atomic E-state index is 12.5. The molecule has 0 spiro atoms. The van der Waals surface area contributed by atoms with Gasteiger partial charge in [0.15, 0.2) is 0 Å². The van der Waals surface area contributed by atoms with Crippen molar-refractivity contribution >= 4 is 17.2 Å². The SMILES string of the molecule is Cc1oc(-c2cccs2)nc1CC(=O)NC(C)c1ccc(OCc2cccnc2)cc1. The highest BCUT2D eigenvalue weighted by molar-refractivity contribution is 7.13. The number of pyridine rings is 1. The average Bonchev–Trinajstić information content (AvgIpc) is 3.44. The fourth-order valence-electron chi connectivity index (χ4n) is 3.13. The van der Waals surface area contributed by atoms with Crippen LogP contribution in [-0.4, -0.2) is 15.9 Å². The van der Waals surface area contributed by atoms with Crippen LogP contribution in [0.15, 0.2) is 70.7 Å². The van der Waals surface area contributed by atoms with Gasteiger partial charge in [-0.3, -0.25) is 9.78 Å². The number of nitrogens with one attached hydrogen (secondary N) is 1. The van der Waals surface area contributed by atoms with Crippen molar-refractivity contribution < 1.29 is 13.9 Å². The van der Waals surface area contributed by atoms with Gasteiger partial charge in [-0.15, -0.1) is 11.3 Å². The summed E-state index contributed by atoms with van der Waals surface area (Å²) in [5.74, 6) is 1.90. The fraction of sp³-hybridized carbons (Fsp3) is 0.208. The van der Waals surface area contributed by atoms with Gasteiger partial charge in [-0.2, -0.15) is 0 Å². The predicted molar refractivity (Wildman–Crippen MR) is 120 cm³/mol. The average molecular weight is 434 g/mol. The van der Waals surface area contributed by atoms with E-state index < -0.39 is 0 Å². The summed E-state index contributed by atoms with van der Waals surface area (Å²) in [6, 6.07) is 15.3. The minimum atomic E-state index is -0.135. The van der Waals surface area contributed by atoms with Gasteiger partial charge >= 0.3 is 0 Å². The summed E-state index contributed by atoms with van der Waals surface area (Å²) >= 11 is 1.56. The Morgan fingerprint density at radius 1 is 1.19 bits per heavy atom. The molecular weight excluding hydrogens is 410 g/mol. The van der Waals surface area contributed by atoms with Gasteiger partial charge in [0.2, 0.25) is 11.8 Å². The Hall–Kier alpha value is -3.45. The number of amides is 1. The van der Waals surface area contributed by atoms with E-state index in [4.69, 9.17) is 9.15 Å². The molecule has 1 amide bonds. The Balaban J connectivity index is 1.31. The Morgan fingerprint density at radius 3 is 2.74 bits per heavy atom. The molecule has 0 aliphatic carbocycles. The highest BCUT2D eigenvalue weighted by Gasteiger charge is 2.17. The first kappa shape index (κ1) is 20.8. The number of ether oxygens (including phenoxy) is 1. The van der Waals surface area contributed by atoms with Crippen LogP contribution in [0.3, 0.4) is 0 Å². The number of aromatic nitrogens is 2. The molecule has 3 heterocycles. The fourth-order valence-corrected chi connectivity index (χ4v) is 3.78. The third kappa shape index (κ3) is 5.38. The van der Waals surface area contributed by atoms with Crippen molar-refractivity contribution in [2.24, 2.45) is 0 Å². The standard InChI is InChI=1S/C24H23N3O3S/c1-16(19-7-9-20(10-8-19)29-15-18-5-3-11-25-14-18)26-23(28)13-21-17(2)30-24(27-21)22-6-4-12-31-22/h3-12,14,16H,13,15H2,1-2H3,(H,26,28). The number of nitrogens with zero attached hydrogens (tertiary/aromatic N) is 2. The first-order valence-electron chi connectivity index (χ1n) is 9.99. The third-order valence-electron chi connectivity index (χ3n) is 4.84. The zero-order valence-electron chi connectivity index (χ0n) is 17.4. The van der Waals surface area contributed by atoms with Crippen LogP contribution in [0.2, 0.25) is 0 Å². The zero-order valence-corrected chi connectivity index (χ0v) is 18.2. The summed E-state index contributed by atoms with van der Waals surface area (Å²) in [5.41, 5.74) is 2.67. The quantitative estimate of drug-likeness (QED) is 0.418. The Bertz CT molecular complexity index is 1120. The summed E-state index contributed by atoms with van der Waals surface area (Å²) in [5, 5.41) is 5.00. The summed E-state index contributed by atoms with van der Waals surface area (Å²) in [7, 11) is 0. The number of aryl methyl sites for hydroxylation is 1. The van der Waals surface area contributed by atoms with E-state index in [9.17, 15) is 4.79 Å². The van der Waals surface area contributed by atoms with E-state index in [1.54, 1.807) is 23.7 Å². The predicted octanol–water partition coefficient (Wildman–Crippen LogP) is 5.11. The van der Waals surface area contributed by atoms with Crippen LogP contribution in [0.4, 0.5) is 0 Å². The van der Waals surface area contributed by atoms with Crippen molar-refractivity contribution in [1.82, 2.24) is 15.3 Å². The minimum absolute atomic E-state index is 0.0986. The first-order chi connectivity index (χ1) is 15.1. The lowest BCUT2D eigenvalue weighted by Gasteiger charge is -2.15. The summed E-state index contributed by atoms with van der Waals surface area (Å²) < 4.78 is 11.5. The van der Waals surface area contributed by atoms with Gasteiger partial charge in [0.25, 0.3) is 0 Å². The Labute approximate surface area is 184 Å². The molecule has 6 nitrogen and oxygen atoms in total. The Morgan fingerprint density at radius 2 is 2.03 bits per heavy atom. The van der Waals surface area contributed by atoms with E-state index in [0.717, 1.165) is 21.8 Å². The van der Waals surface area contributed by atoms with E-state index >= 15 is 0 Å². The lowest BCUT2D eigenvalue weighted by molar-refractivity contribution is -0.121. The van der Waals surface area contributed by atoms with Crippen molar-refractivity contribution in [1.29, 1.82) is 0 Å². The lowest BCUT2D eigenvalue weighted by atomic mass is 10.1. The number of benzene rings is 1. The van der Waals surface area contributed by atoms with Gasteiger partial charge in [0.05, 0.1) is 23.0 Å². The highest BCUT2D eigenvalue weighted by Crippen LogP contribution is 2.26. The van der Waals surface area contributed by atoms with Crippen molar-refractivity contribution in [2.75, 3.05) is 0 Å². The van der Waals surface area contributed by atoms with Gasteiger partial charge in [0.1, 0.15) is 18.1 Å². The number of oxazole rings is 1. The van der Waals surface area contributed by atoms with Crippen LogP contribution < -0.4 is 10.1 Å². The maximum Gasteiger partial charge on any atom is 0.236 e. The minimum Gasteiger partial charge on any atom is -0.489 e. The van der Waals surface area contributed by atoms with E-state index in [1.165, 1.54) is 0 Å². The first-order valence-corrected chi connectivity index (χ1v) is 10.9. The molecule has 0 aliphatic heterocycles. The smallest absolute Gasteiger partial charge is 0.236 e. The van der Waals surface area contributed by atoms with Crippen LogP contribution in [0.1, 0.15) is 35.5 Å². The van der Waals surface area contributed by atoms with Crippen molar-refractivity contribution in [3.8, 4) is 16.5 Å². The van der Waals surface area contributed by atoms with E-state index in [2.05, 4.69) is 15.3 Å². The largest absolute Gasteiger partial charge is 0.489 e. The molecule has 158 valence electrons. The number of thiophene rings is 1. The molecule has 0 bridgehead atoms. The molecule has 4 rings (SSSR count). The molecule has 0 radical (unpaired) electrons. The van der Waals surface area contributed by atoms with Crippen molar-refractivity contribution in [2.45, 2.75) is 32.9 Å². The molecule has 31 heavy (non-hydrogen) atoms. The number of hydrogen-bond donors (Lipinski definition) is 1. The zero-order chi connectivity index (χ0) is 21.6. The van der Waals surface area contributed by atoms with Crippen LogP contribution in [0.5, 0.6) is 5.75 Å². The molecule has 7 heteroatoms. The van der Waals surface area contributed by atoms with Crippen LogP contribution >= 0.6 is 11.3 Å². The topological polar surface area (TPSA) is 77.2 Å². The van der Waals surface area contributed by atoms with Crippen LogP contribution in [0, 0.1) is 6.92 Å². The molecule has 0 fully saturated rings. The van der Waals surface area contributed by atoms with Gasteiger partial charge in [-0.25, -0.2) is 4.98 Å². The van der Waals surface area contributed by atoms with Crippen molar-refractivity contribution in [3.05, 3.63) is 88.9 Å². The molecule has 0 aliphatic rings. The molecule has 4 aromatic rings.